The van der Waals surface area contributed by atoms with Crippen molar-refractivity contribution in [3.05, 3.63) is 0 Å². The van der Waals surface area contributed by atoms with Gasteiger partial charge in [0, 0.05) is 18.9 Å². The Kier molecular flexibility index (Phi) is 6.92. The van der Waals surface area contributed by atoms with Crippen LogP contribution in [0.3, 0.4) is 0 Å². The molecule has 1 aliphatic rings. The van der Waals surface area contributed by atoms with Crippen LogP contribution in [0.4, 0.5) is 0 Å². The van der Waals surface area contributed by atoms with Crippen LogP contribution in [0.15, 0.2) is 0 Å². The van der Waals surface area contributed by atoms with Crippen molar-refractivity contribution >= 4 is 17.7 Å². The SMILES string of the molecule is CCC1(C(=O)NCCSCCCO)CCCN1. The molecule has 0 aromatic carbocycles. The maximum atomic E-state index is 12.1. The summed E-state index contributed by atoms with van der Waals surface area (Å²) in [5.41, 5.74) is -0.310. The van der Waals surface area contributed by atoms with Gasteiger partial charge in [0.15, 0.2) is 0 Å². The molecule has 17 heavy (non-hydrogen) atoms. The molecule has 1 saturated heterocycles. The molecule has 1 heterocycles. The number of hydrogen-bond donors (Lipinski definition) is 3. The fraction of sp³-hybridized carbons (Fsp3) is 0.917. The standard InChI is InChI=1S/C12H24N2O2S/c1-2-12(5-3-6-14-12)11(16)13-7-10-17-9-4-8-15/h14-15H,2-10H2,1H3,(H,13,16). The van der Waals surface area contributed by atoms with Crippen molar-refractivity contribution in [2.24, 2.45) is 0 Å². The van der Waals surface area contributed by atoms with Gasteiger partial charge in [-0.3, -0.25) is 4.79 Å². The Bertz CT molecular complexity index is 231. The van der Waals surface area contributed by atoms with Crippen molar-refractivity contribution in [2.75, 3.05) is 31.2 Å². The molecule has 0 aromatic heterocycles. The number of carbonyl (C=O) groups is 1. The van der Waals surface area contributed by atoms with Crippen LogP contribution in [0, 0.1) is 0 Å². The van der Waals surface area contributed by atoms with Crippen molar-refractivity contribution in [3.63, 3.8) is 0 Å². The predicted octanol–water partition coefficient (Wildman–Crippen LogP) is 0.750. The van der Waals surface area contributed by atoms with Crippen molar-refractivity contribution in [2.45, 2.75) is 38.1 Å². The average Bonchev–Trinajstić information content (AvgIpc) is 2.83. The maximum absolute atomic E-state index is 12.1. The molecule has 1 unspecified atom stereocenters. The van der Waals surface area contributed by atoms with Crippen LogP contribution in [-0.2, 0) is 4.79 Å². The molecule has 1 rings (SSSR count). The summed E-state index contributed by atoms with van der Waals surface area (Å²) in [6.07, 6.45) is 3.73. The minimum atomic E-state index is -0.310. The van der Waals surface area contributed by atoms with Crippen LogP contribution in [0.1, 0.15) is 32.6 Å². The van der Waals surface area contributed by atoms with E-state index >= 15 is 0 Å². The molecule has 1 aliphatic heterocycles. The van der Waals surface area contributed by atoms with Crippen molar-refractivity contribution in [1.29, 1.82) is 0 Å². The number of nitrogens with one attached hydrogen (secondary N) is 2. The lowest BCUT2D eigenvalue weighted by Gasteiger charge is -2.26. The topological polar surface area (TPSA) is 61.4 Å². The summed E-state index contributed by atoms with van der Waals surface area (Å²) in [7, 11) is 0. The van der Waals surface area contributed by atoms with Gasteiger partial charge in [-0.25, -0.2) is 0 Å². The van der Waals surface area contributed by atoms with Gasteiger partial charge in [0.2, 0.25) is 5.91 Å². The third-order valence-corrected chi connectivity index (χ3v) is 4.33. The molecule has 0 bridgehead atoms. The van der Waals surface area contributed by atoms with E-state index in [0.717, 1.165) is 50.3 Å². The van der Waals surface area contributed by atoms with Gasteiger partial charge in [0.05, 0.1) is 5.54 Å². The van der Waals surface area contributed by atoms with E-state index in [4.69, 9.17) is 5.11 Å². The van der Waals surface area contributed by atoms with Gasteiger partial charge in [-0.15, -0.1) is 0 Å². The van der Waals surface area contributed by atoms with Crippen LogP contribution < -0.4 is 10.6 Å². The normalized spacial score (nSPS) is 23.9. The monoisotopic (exact) mass is 260 g/mol. The lowest BCUT2D eigenvalue weighted by molar-refractivity contribution is -0.127. The van der Waals surface area contributed by atoms with Crippen molar-refractivity contribution in [1.82, 2.24) is 10.6 Å². The smallest absolute Gasteiger partial charge is 0.240 e. The number of carbonyl (C=O) groups excluding carboxylic acids is 1. The molecule has 0 saturated carbocycles. The summed E-state index contributed by atoms with van der Waals surface area (Å²) >= 11 is 1.77. The highest BCUT2D eigenvalue weighted by Crippen LogP contribution is 2.22. The molecule has 3 N–H and O–H groups in total. The summed E-state index contributed by atoms with van der Waals surface area (Å²) < 4.78 is 0. The van der Waals surface area contributed by atoms with Gasteiger partial charge >= 0.3 is 0 Å². The lowest BCUT2D eigenvalue weighted by atomic mass is 9.93. The van der Waals surface area contributed by atoms with Crippen LogP contribution in [0.25, 0.3) is 0 Å². The van der Waals surface area contributed by atoms with Gasteiger partial charge < -0.3 is 15.7 Å². The average molecular weight is 260 g/mol. The number of hydrogen-bond acceptors (Lipinski definition) is 4. The maximum Gasteiger partial charge on any atom is 0.240 e. The summed E-state index contributed by atoms with van der Waals surface area (Å²) in [6, 6.07) is 0. The second kappa shape index (κ2) is 7.95. The largest absolute Gasteiger partial charge is 0.396 e. The summed E-state index contributed by atoms with van der Waals surface area (Å²) in [4.78, 5) is 12.1. The summed E-state index contributed by atoms with van der Waals surface area (Å²) in [6.45, 7) is 3.99. The molecule has 1 atom stereocenters. The third kappa shape index (κ3) is 4.48. The van der Waals surface area contributed by atoms with Crippen LogP contribution >= 0.6 is 11.8 Å². The predicted molar refractivity (Wildman–Crippen MR) is 72.3 cm³/mol. The quantitative estimate of drug-likeness (QED) is 0.564. The zero-order chi connectivity index (χ0) is 12.6. The van der Waals surface area contributed by atoms with Gasteiger partial charge in [0.25, 0.3) is 0 Å². The molecular formula is C12H24N2O2S. The lowest BCUT2D eigenvalue weighted by Crippen LogP contribution is -2.53. The third-order valence-electron chi connectivity index (χ3n) is 3.26. The first-order chi connectivity index (χ1) is 8.25. The number of amides is 1. The number of aliphatic hydroxyl groups excluding tert-OH is 1. The molecule has 0 aliphatic carbocycles. The zero-order valence-corrected chi connectivity index (χ0v) is 11.4. The first-order valence-corrected chi connectivity index (χ1v) is 7.62. The molecule has 100 valence electrons. The van der Waals surface area contributed by atoms with E-state index < -0.39 is 0 Å². The van der Waals surface area contributed by atoms with E-state index in [0.29, 0.717) is 0 Å². The van der Waals surface area contributed by atoms with E-state index in [-0.39, 0.29) is 18.1 Å². The molecule has 0 spiro atoms. The highest BCUT2D eigenvalue weighted by Gasteiger charge is 2.38. The molecular weight excluding hydrogens is 236 g/mol. The Hall–Kier alpha value is -0.260. The Morgan fingerprint density at radius 1 is 1.53 bits per heavy atom. The second-order valence-corrected chi connectivity index (χ2v) is 5.64. The number of aliphatic hydroxyl groups is 1. The van der Waals surface area contributed by atoms with E-state index in [1.807, 2.05) is 0 Å². The first-order valence-electron chi connectivity index (χ1n) is 6.47. The minimum absolute atomic E-state index is 0.153. The summed E-state index contributed by atoms with van der Waals surface area (Å²) in [5, 5.41) is 15.0. The Morgan fingerprint density at radius 2 is 2.35 bits per heavy atom. The Labute approximate surface area is 108 Å². The molecule has 4 nitrogen and oxygen atoms in total. The van der Waals surface area contributed by atoms with Crippen LogP contribution in [0.2, 0.25) is 0 Å². The van der Waals surface area contributed by atoms with Gasteiger partial charge in [0.1, 0.15) is 0 Å². The Balaban J connectivity index is 2.15. The summed E-state index contributed by atoms with van der Waals surface area (Å²) in [5.74, 6) is 2.04. The van der Waals surface area contributed by atoms with E-state index in [1.54, 1.807) is 11.8 Å². The molecule has 5 heteroatoms. The minimum Gasteiger partial charge on any atom is -0.396 e. The van der Waals surface area contributed by atoms with Gasteiger partial charge in [-0.1, -0.05) is 6.92 Å². The second-order valence-electron chi connectivity index (χ2n) is 4.41. The number of thioether (sulfide) groups is 1. The highest BCUT2D eigenvalue weighted by molar-refractivity contribution is 7.99. The molecule has 0 radical (unpaired) electrons. The van der Waals surface area contributed by atoms with E-state index in [2.05, 4.69) is 17.6 Å². The number of rotatable bonds is 8. The zero-order valence-electron chi connectivity index (χ0n) is 10.6. The Morgan fingerprint density at radius 3 is 2.94 bits per heavy atom. The van der Waals surface area contributed by atoms with Crippen molar-refractivity contribution < 1.29 is 9.90 Å². The van der Waals surface area contributed by atoms with Gasteiger partial charge in [-0.05, 0) is 38.0 Å². The fourth-order valence-electron chi connectivity index (χ4n) is 2.14. The molecule has 1 amide bonds. The van der Waals surface area contributed by atoms with E-state index in [9.17, 15) is 4.79 Å². The first kappa shape index (κ1) is 14.8. The van der Waals surface area contributed by atoms with Crippen molar-refractivity contribution in [3.8, 4) is 0 Å². The molecule has 1 fully saturated rings. The fourth-order valence-corrected chi connectivity index (χ4v) is 2.92. The van der Waals surface area contributed by atoms with Crippen LogP contribution in [-0.4, -0.2) is 47.8 Å². The molecule has 0 aromatic rings. The van der Waals surface area contributed by atoms with Crippen LogP contribution in [0.5, 0.6) is 0 Å². The van der Waals surface area contributed by atoms with E-state index in [1.165, 1.54) is 0 Å². The van der Waals surface area contributed by atoms with Gasteiger partial charge in [-0.2, -0.15) is 11.8 Å². The highest BCUT2D eigenvalue weighted by atomic mass is 32.2.